The molecule has 0 aliphatic carbocycles. The Morgan fingerprint density at radius 2 is 1.17 bits per heavy atom. The predicted molar refractivity (Wildman–Crippen MR) is 157 cm³/mol. The molecule has 0 aliphatic rings. The van der Waals surface area contributed by atoms with E-state index >= 15 is 0 Å². The molecule has 18 heteroatoms. The second-order valence-electron chi connectivity index (χ2n) is 9.75. The Kier molecular flexibility index (Phi) is 10.6. The Bertz CT molecular complexity index is 1780. The standard InChI is InChI=1S/C30H27N3O15/c1-13(31)27(44)48-29(46)30(12-47-28(45)17(32)11-34,24(41)14-5-2-8-18(35)21(14)38)33(25(42)15-6-3-9-19(36)22(15)39)26(43)16-7-4-10-20(37)23(16)40/h2-10,17,34-40H,1,11-12,31-32H2/t17-,30+/m0/s1. The van der Waals surface area contributed by atoms with Gasteiger partial charge in [0.05, 0.1) is 23.3 Å². The molecule has 3 aromatic rings. The van der Waals surface area contributed by atoms with Gasteiger partial charge in [0, 0.05) is 0 Å². The number of carbonyl (C=O) groups is 6. The molecule has 0 aliphatic heterocycles. The molecule has 0 spiro atoms. The number of nitrogens with zero attached hydrogens (tertiary/aromatic N) is 1. The molecule has 0 radical (unpaired) electrons. The van der Waals surface area contributed by atoms with Crippen LogP contribution in [0.25, 0.3) is 0 Å². The van der Waals surface area contributed by atoms with E-state index in [1.807, 2.05) is 0 Å². The van der Waals surface area contributed by atoms with Crippen LogP contribution >= 0.6 is 0 Å². The van der Waals surface area contributed by atoms with Crippen LogP contribution in [0, 0.1) is 0 Å². The number of amides is 2. The van der Waals surface area contributed by atoms with E-state index in [4.69, 9.17) is 16.2 Å². The number of ether oxygens (including phenoxy) is 2. The van der Waals surface area contributed by atoms with Crippen LogP contribution in [-0.2, 0) is 23.9 Å². The van der Waals surface area contributed by atoms with Gasteiger partial charge < -0.3 is 56.7 Å². The Balaban J connectivity index is 2.56. The number of imide groups is 1. The minimum Gasteiger partial charge on any atom is -0.504 e. The summed E-state index contributed by atoms with van der Waals surface area (Å²) in [5, 5.41) is 71.4. The van der Waals surface area contributed by atoms with Gasteiger partial charge in [0.2, 0.25) is 11.3 Å². The monoisotopic (exact) mass is 669 g/mol. The predicted octanol–water partition coefficient (Wildman–Crippen LogP) is -0.770. The molecule has 11 N–H and O–H groups in total. The summed E-state index contributed by atoms with van der Waals surface area (Å²) in [6.45, 7) is 0.178. The highest BCUT2D eigenvalue weighted by molar-refractivity contribution is 6.27. The lowest BCUT2D eigenvalue weighted by molar-refractivity contribution is -0.166. The summed E-state index contributed by atoms with van der Waals surface area (Å²) in [5.41, 5.74) is 2.85. The van der Waals surface area contributed by atoms with Crippen molar-refractivity contribution < 1.29 is 74.0 Å². The maximum Gasteiger partial charge on any atom is 0.361 e. The first-order valence-electron chi connectivity index (χ1n) is 13.2. The van der Waals surface area contributed by atoms with Gasteiger partial charge in [-0.05, 0) is 36.4 Å². The van der Waals surface area contributed by atoms with Crippen LogP contribution in [0.5, 0.6) is 34.5 Å². The van der Waals surface area contributed by atoms with Crippen molar-refractivity contribution in [3.05, 3.63) is 83.6 Å². The summed E-state index contributed by atoms with van der Waals surface area (Å²) >= 11 is 0. The number of aliphatic hydroxyl groups is 1. The van der Waals surface area contributed by atoms with E-state index in [1.165, 1.54) is 0 Å². The van der Waals surface area contributed by atoms with Crippen LogP contribution in [0.4, 0.5) is 0 Å². The van der Waals surface area contributed by atoms with Gasteiger partial charge in [-0.15, -0.1) is 0 Å². The zero-order valence-corrected chi connectivity index (χ0v) is 24.4. The van der Waals surface area contributed by atoms with Crippen molar-refractivity contribution in [2.75, 3.05) is 13.2 Å². The molecule has 48 heavy (non-hydrogen) atoms. The Labute approximate surface area is 268 Å². The number of benzene rings is 3. The first kappa shape index (κ1) is 35.8. The SMILES string of the molecule is C=C(N)C(=O)OC(=O)[C@@](COC(=O)[C@@H](N)CO)(C(=O)c1cccc(O)c1O)N(C(=O)c1cccc(O)c1O)C(=O)c1cccc(O)c1O. The molecule has 0 saturated carbocycles. The molecule has 0 unspecified atom stereocenters. The minimum absolute atomic E-state index is 0.367. The summed E-state index contributed by atoms with van der Waals surface area (Å²) in [6.07, 6.45) is 0. The average Bonchev–Trinajstić information content (AvgIpc) is 3.05. The largest absolute Gasteiger partial charge is 0.504 e. The van der Waals surface area contributed by atoms with Gasteiger partial charge in [-0.3, -0.25) is 19.2 Å². The van der Waals surface area contributed by atoms with E-state index < -0.39 is 117 Å². The van der Waals surface area contributed by atoms with Crippen LogP contribution < -0.4 is 11.5 Å². The molecular formula is C30H27N3O15. The number of esters is 3. The highest BCUT2D eigenvalue weighted by Gasteiger charge is 2.60. The van der Waals surface area contributed by atoms with Crippen molar-refractivity contribution in [3.63, 3.8) is 0 Å². The van der Waals surface area contributed by atoms with Gasteiger partial charge >= 0.3 is 17.9 Å². The number of hydrogen-bond donors (Lipinski definition) is 9. The summed E-state index contributed by atoms with van der Waals surface area (Å²) in [5.74, 6) is -17.9. The van der Waals surface area contributed by atoms with Crippen LogP contribution in [0.3, 0.4) is 0 Å². The fraction of sp³-hybridized carbons (Fsp3) is 0.133. The summed E-state index contributed by atoms with van der Waals surface area (Å²) < 4.78 is 9.63. The molecule has 2 atom stereocenters. The number of Topliss-reactive ketones (excluding diaryl/α,β-unsaturated/α-hetero) is 1. The second kappa shape index (κ2) is 14.2. The normalized spacial score (nSPS) is 12.5. The van der Waals surface area contributed by atoms with E-state index in [9.17, 15) is 64.5 Å². The number of para-hydroxylation sites is 3. The van der Waals surface area contributed by atoms with Crippen molar-refractivity contribution >= 4 is 35.5 Å². The van der Waals surface area contributed by atoms with Crippen molar-refractivity contribution in [2.24, 2.45) is 11.5 Å². The molecule has 0 heterocycles. The lowest BCUT2D eigenvalue weighted by Crippen LogP contribution is -2.67. The molecule has 0 fully saturated rings. The Morgan fingerprint density at radius 3 is 1.58 bits per heavy atom. The fourth-order valence-corrected chi connectivity index (χ4v) is 4.09. The number of nitrogens with two attached hydrogens (primary N) is 2. The minimum atomic E-state index is -3.84. The molecule has 2 amide bonds. The maximum absolute atomic E-state index is 14.5. The number of hydrogen-bond acceptors (Lipinski definition) is 17. The molecule has 252 valence electrons. The van der Waals surface area contributed by atoms with Gasteiger partial charge in [0.25, 0.3) is 11.8 Å². The Hall–Kier alpha value is -6.66. The third kappa shape index (κ3) is 6.64. The quantitative estimate of drug-likeness (QED) is 0.0302. The van der Waals surface area contributed by atoms with Crippen LogP contribution in [0.15, 0.2) is 66.9 Å². The number of aromatic hydroxyl groups is 6. The first-order valence-corrected chi connectivity index (χ1v) is 13.2. The third-order valence-corrected chi connectivity index (χ3v) is 6.62. The number of phenols is 6. The van der Waals surface area contributed by atoms with E-state index in [-0.39, 0.29) is 4.90 Å². The van der Waals surface area contributed by atoms with E-state index in [2.05, 4.69) is 11.3 Å². The van der Waals surface area contributed by atoms with E-state index in [0.717, 1.165) is 54.6 Å². The zero-order valence-electron chi connectivity index (χ0n) is 24.4. The van der Waals surface area contributed by atoms with Crippen LogP contribution in [0.2, 0.25) is 0 Å². The number of ketones is 1. The second-order valence-corrected chi connectivity index (χ2v) is 9.75. The third-order valence-electron chi connectivity index (χ3n) is 6.62. The van der Waals surface area contributed by atoms with Gasteiger partial charge in [0.1, 0.15) is 18.3 Å². The summed E-state index contributed by atoms with van der Waals surface area (Å²) in [7, 11) is 0. The zero-order chi connectivity index (χ0) is 36.1. The first-order chi connectivity index (χ1) is 22.5. The molecule has 3 aromatic carbocycles. The molecule has 0 saturated heterocycles. The smallest absolute Gasteiger partial charge is 0.361 e. The van der Waals surface area contributed by atoms with Gasteiger partial charge in [-0.25, -0.2) is 14.5 Å². The van der Waals surface area contributed by atoms with E-state index in [1.54, 1.807) is 0 Å². The Morgan fingerprint density at radius 1 is 0.750 bits per heavy atom. The highest BCUT2D eigenvalue weighted by Crippen LogP contribution is 2.39. The van der Waals surface area contributed by atoms with Crippen molar-refractivity contribution in [2.45, 2.75) is 11.6 Å². The number of aliphatic hydroxyl groups excluding tert-OH is 1. The number of phenolic OH excluding ortho intramolecular Hbond substituents is 6. The molecule has 0 bridgehead atoms. The van der Waals surface area contributed by atoms with E-state index in [0.29, 0.717) is 0 Å². The molecule has 0 aromatic heterocycles. The molecule has 3 rings (SSSR count). The van der Waals surface area contributed by atoms with Crippen LogP contribution in [-0.4, -0.2) is 101 Å². The maximum atomic E-state index is 14.5. The van der Waals surface area contributed by atoms with Crippen molar-refractivity contribution in [1.82, 2.24) is 4.90 Å². The summed E-state index contributed by atoms with van der Waals surface area (Å²) in [4.78, 5) is 82.1. The molecule has 18 nitrogen and oxygen atoms in total. The lowest BCUT2D eigenvalue weighted by atomic mass is 9.85. The lowest BCUT2D eigenvalue weighted by Gasteiger charge is -2.38. The average molecular weight is 670 g/mol. The summed E-state index contributed by atoms with van der Waals surface area (Å²) in [6, 6.07) is 6.02. The van der Waals surface area contributed by atoms with Crippen molar-refractivity contribution in [3.8, 4) is 34.5 Å². The van der Waals surface area contributed by atoms with Gasteiger partial charge in [-0.2, -0.15) is 0 Å². The van der Waals surface area contributed by atoms with Gasteiger partial charge in [0.15, 0.2) is 34.5 Å². The number of carbonyl (C=O) groups excluding carboxylic acids is 6. The van der Waals surface area contributed by atoms with Crippen LogP contribution in [0.1, 0.15) is 31.1 Å². The van der Waals surface area contributed by atoms with Gasteiger partial charge in [-0.1, -0.05) is 24.8 Å². The fourth-order valence-electron chi connectivity index (χ4n) is 4.09. The topological polar surface area (TPSA) is 318 Å². The molecular weight excluding hydrogens is 642 g/mol. The highest BCUT2D eigenvalue weighted by atomic mass is 16.6. The number of rotatable bonds is 11. The van der Waals surface area contributed by atoms with Crippen molar-refractivity contribution in [1.29, 1.82) is 0 Å².